The first-order chi connectivity index (χ1) is 9.51. The van der Waals surface area contributed by atoms with Crippen molar-refractivity contribution in [3.05, 3.63) is 35.4 Å². The number of rotatable bonds is 4. The predicted octanol–water partition coefficient (Wildman–Crippen LogP) is 1.92. The molecule has 0 radical (unpaired) electrons. The van der Waals surface area contributed by atoms with Gasteiger partial charge in [-0.1, -0.05) is 38.1 Å². The summed E-state index contributed by atoms with van der Waals surface area (Å²) in [5, 5.41) is 9.76. The third-order valence-corrected chi connectivity index (χ3v) is 3.89. The first-order valence-electron chi connectivity index (χ1n) is 7.10. The van der Waals surface area contributed by atoms with E-state index < -0.39 is 6.10 Å². The summed E-state index contributed by atoms with van der Waals surface area (Å²) in [5.74, 6) is 0.251. The van der Waals surface area contributed by atoms with Crippen LogP contribution < -0.4 is 0 Å². The van der Waals surface area contributed by atoms with Gasteiger partial charge in [0, 0.05) is 19.5 Å². The monoisotopic (exact) mass is 277 g/mol. The molecule has 110 valence electrons. The van der Waals surface area contributed by atoms with Crippen LogP contribution in [-0.2, 0) is 16.1 Å². The molecule has 4 nitrogen and oxygen atoms in total. The lowest BCUT2D eigenvalue weighted by Gasteiger charge is -2.22. The minimum Gasteiger partial charge on any atom is -0.468 e. The zero-order chi connectivity index (χ0) is 14.7. The maximum absolute atomic E-state index is 11.7. The van der Waals surface area contributed by atoms with Crippen LogP contribution in [0.1, 0.15) is 37.3 Å². The van der Waals surface area contributed by atoms with Crippen LogP contribution in [0, 0.1) is 0 Å². The zero-order valence-electron chi connectivity index (χ0n) is 12.4. The number of carbonyl (C=O) groups is 1. The number of aliphatic hydroxyl groups excluding tert-OH is 1. The van der Waals surface area contributed by atoms with Crippen LogP contribution in [0.25, 0.3) is 0 Å². The van der Waals surface area contributed by atoms with E-state index in [4.69, 9.17) is 4.74 Å². The fourth-order valence-corrected chi connectivity index (χ4v) is 2.68. The van der Waals surface area contributed by atoms with E-state index in [1.165, 1.54) is 12.7 Å². The second-order valence-corrected chi connectivity index (χ2v) is 5.75. The molecule has 1 aromatic rings. The number of aliphatic hydroxyl groups is 1. The lowest BCUT2D eigenvalue weighted by molar-refractivity contribution is -0.146. The van der Waals surface area contributed by atoms with Crippen LogP contribution in [0.3, 0.4) is 0 Å². The van der Waals surface area contributed by atoms with Crippen molar-refractivity contribution in [2.45, 2.75) is 44.9 Å². The minimum absolute atomic E-state index is 0.264. The lowest BCUT2D eigenvalue weighted by atomic mass is 10.0. The molecule has 2 atom stereocenters. The van der Waals surface area contributed by atoms with E-state index in [0.717, 1.165) is 5.56 Å². The second-order valence-electron chi connectivity index (χ2n) is 5.75. The Balaban J connectivity index is 2.06. The predicted molar refractivity (Wildman–Crippen MR) is 77.4 cm³/mol. The highest BCUT2D eigenvalue weighted by molar-refractivity contribution is 5.76. The maximum Gasteiger partial charge on any atom is 0.323 e. The van der Waals surface area contributed by atoms with Crippen LogP contribution in [-0.4, -0.2) is 41.8 Å². The Morgan fingerprint density at radius 2 is 2.05 bits per heavy atom. The topological polar surface area (TPSA) is 49.8 Å². The lowest BCUT2D eigenvalue weighted by Crippen LogP contribution is -2.36. The van der Waals surface area contributed by atoms with Gasteiger partial charge in [-0.25, -0.2) is 0 Å². The van der Waals surface area contributed by atoms with E-state index in [2.05, 4.69) is 38.1 Å². The molecule has 20 heavy (non-hydrogen) atoms. The van der Waals surface area contributed by atoms with E-state index >= 15 is 0 Å². The molecule has 2 rings (SSSR count). The summed E-state index contributed by atoms with van der Waals surface area (Å²) in [6, 6.07) is 8.10. The fraction of sp³-hybridized carbons (Fsp3) is 0.562. The molecule has 1 aromatic carbocycles. The number of hydrogen-bond donors (Lipinski definition) is 1. The summed E-state index contributed by atoms with van der Waals surface area (Å²) in [5.41, 5.74) is 2.46. The molecule has 0 spiro atoms. The number of esters is 1. The quantitative estimate of drug-likeness (QED) is 0.854. The normalized spacial score (nSPS) is 23.2. The molecule has 0 amide bonds. The fourth-order valence-electron chi connectivity index (χ4n) is 2.68. The molecular weight excluding hydrogens is 254 g/mol. The standard InChI is InChI=1S/C16H23NO3/c1-11(2)13-6-4-12(5-7-13)9-17-10-14(18)8-15(17)16(19)20-3/h4-7,11,14-15,18H,8-10H2,1-3H3. The highest BCUT2D eigenvalue weighted by atomic mass is 16.5. The Kier molecular flexibility index (Phi) is 4.78. The first-order valence-corrected chi connectivity index (χ1v) is 7.10. The number of benzene rings is 1. The third kappa shape index (κ3) is 3.38. The van der Waals surface area contributed by atoms with Crippen molar-refractivity contribution in [2.75, 3.05) is 13.7 Å². The largest absolute Gasteiger partial charge is 0.468 e. The average Bonchev–Trinajstić information content (AvgIpc) is 2.79. The number of likely N-dealkylation sites (tertiary alicyclic amines) is 1. The number of methoxy groups -OCH3 is 1. The summed E-state index contributed by atoms with van der Waals surface area (Å²) >= 11 is 0. The molecular formula is C16H23NO3. The number of ether oxygens (including phenoxy) is 1. The minimum atomic E-state index is -0.450. The summed E-state index contributed by atoms with van der Waals surface area (Å²) in [6.07, 6.45) is 0.00514. The molecule has 1 N–H and O–H groups in total. The average molecular weight is 277 g/mol. The van der Waals surface area contributed by atoms with Crippen molar-refractivity contribution in [2.24, 2.45) is 0 Å². The molecule has 0 saturated carbocycles. The highest BCUT2D eigenvalue weighted by Gasteiger charge is 2.36. The van der Waals surface area contributed by atoms with Crippen molar-refractivity contribution < 1.29 is 14.6 Å². The van der Waals surface area contributed by atoms with Crippen LogP contribution in [0.4, 0.5) is 0 Å². The smallest absolute Gasteiger partial charge is 0.323 e. The molecule has 1 aliphatic heterocycles. The van der Waals surface area contributed by atoms with Crippen molar-refractivity contribution in [1.29, 1.82) is 0 Å². The number of carbonyl (C=O) groups excluding carboxylic acids is 1. The van der Waals surface area contributed by atoms with Gasteiger partial charge in [-0.05, 0) is 17.0 Å². The second kappa shape index (κ2) is 6.37. The van der Waals surface area contributed by atoms with Crippen molar-refractivity contribution >= 4 is 5.97 Å². The molecule has 0 bridgehead atoms. The van der Waals surface area contributed by atoms with E-state index in [9.17, 15) is 9.90 Å². The van der Waals surface area contributed by atoms with Crippen LogP contribution in [0.5, 0.6) is 0 Å². The summed E-state index contributed by atoms with van der Waals surface area (Å²) < 4.78 is 4.81. The Morgan fingerprint density at radius 1 is 1.40 bits per heavy atom. The van der Waals surface area contributed by atoms with Gasteiger partial charge in [0.25, 0.3) is 0 Å². The van der Waals surface area contributed by atoms with Crippen molar-refractivity contribution in [1.82, 2.24) is 4.90 Å². The molecule has 1 heterocycles. The van der Waals surface area contributed by atoms with Gasteiger partial charge >= 0.3 is 5.97 Å². The molecule has 0 aliphatic carbocycles. The molecule has 2 unspecified atom stereocenters. The molecule has 4 heteroatoms. The van der Waals surface area contributed by atoms with Gasteiger partial charge in [0.15, 0.2) is 0 Å². The number of nitrogens with zero attached hydrogens (tertiary/aromatic N) is 1. The van der Waals surface area contributed by atoms with E-state index in [0.29, 0.717) is 25.4 Å². The molecule has 1 fully saturated rings. The van der Waals surface area contributed by atoms with Gasteiger partial charge in [-0.15, -0.1) is 0 Å². The number of hydrogen-bond acceptors (Lipinski definition) is 4. The van der Waals surface area contributed by atoms with Gasteiger partial charge in [-0.3, -0.25) is 9.69 Å². The molecule has 1 saturated heterocycles. The zero-order valence-corrected chi connectivity index (χ0v) is 12.4. The van der Waals surface area contributed by atoms with Gasteiger partial charge in [-0.2, -0.15) is 0 Å². The Labute approximate surface area is 120 Å². The highest BCUT2D eigenvalue weighted by Crippen LogP contribution is 2.22. The van der Waals surface area contributed by atoms with Gasteiger partial charge in [0.2, 0.25) is 0 Å². The summed E-state index contributed by atoms with van der Waals surface area (Å²) in [7, 11) is 1.39. The third-order valence-electron chi connectivity index (χ3n) is 3.89. The van der Waals surface area contributed by atoms with Gasteiger partial charge in [0.1, 0.15) is 6.04 Å². The Morgan fingerprint density at radius 3 is 2.60 bits per heavy atom. The van der Waals surface area contributed by atoms with E-state index in [-0.39, 0.29) is 12.0 Å². The van der Waals surface area contributed by atoms with E-state index in [1.807, 2.05) is 4.90 Å². The SMILES string of the molecule is COC(=O)C1CC(O)CN1Cc1ccc(C(C)C)cc1. The van der Waals surface area contributed by atoms with Crippen LogP contribution in [0.2, 0.25) is 0 Å². The summed E-state index contributed by atoms with van der Waals surface area (Å²) in [4.78, 5) is 13.7. The van der Waals surface area contributed by atoms with Crippen LogP contribution >= 0.6 is 0 Å². The maximum atomic E-state index is 11.7. The van der Waals surface area contributed by atoms with Gasteiger partial charge < -0.3 is 9.84 Å². The first kappa shape index (κ1) is 15.0. The Hall–Kier alpha value is -1.39. The number of β-amino-alcohol motifs (C(OH)–C–C–N with tert-alkyl or cyclic N) is 1. The van der Waals surface area contributed by atoms with Crippen molar-refractivity contribution in [3.8, 4) is 0 Å². The summed E-state index contributed by atoms with van der Waals surface area (Å²) in [6.45, 7) is 5.51. The van der Waals surface area contributed by atoms with Gasteiger partial charge in [0.05, 0.1) is 13.2 Å². The Bertz CT molecular complexity index is 455. The van der Waals surface area contributed by atoms with Crippen molar-refractivity contribution in [3.63, 3.8) is 0 Å². The van der Waals surface area contributed by atoms with Crippen LogP contribution in [0.15, 0.2) is 24.3 Å². The molecule has 0 aromatic heterocycles. The van der Waals surface area contributed by atoms with E-state index in [1.54, 1.807) is 0 Å². The molecule has 1 aliphatic rings.